The Morgan fingerprint density at radius 1 is 1.18 bits per heavy atom. The van der Waals surface area contributed by atoms with Crippen molar-refractivity contribution in [1.29, 1.82) is 0 Å². The smallest absolute Gasteiger partial charge is 0.253 e. The van der Waals surface area contributed by atoms with Gasteiger partial charge in [0.05, 0.1) is 0 Å². The van der Waals surface area contributed by atoms with Crippen molar-refractivity contribution in [3.63, 3.8) is 0 Å². The minimum Gasteiger partial charge on any atom is -0.399 e. The number of benzene rings is 1. The summed E-state index contributed by atoms with van der Waals surface area (Å²) >= 11 is 0. The molecule has 90 valence electrons. The third-order valence-corrected chi connectivity index (χ3v) is 3.71. The first-order valence-electron chi connectivity index (χ1n) is 5.91. The van der Waals surface area contributed by atoms with Crippen LogP contribution in [0.4, 0.5) is 5.69 Å². The average Bonchev–Trinajstić information content (AvgIpc) is 2.21. The normalized spacial score (nSPS) is 22.1. The molecule has 0 bridgehead atoms. The van der Waals surface area contributed by atoms with Gasteiger partial charge >= 0.3 is 0 Å². The lowest BCUT2D eigenvalue weighted by atomic mass is 9.73. The van der Waals surface area contributed by atoms with Crippen LogP contribution >= 0.6 is 0 Å². The van der Waals surface area contributed by atoms with Gasteiger partial charge in [-0.05, 0) is 31.3 Å². The Bertz CT molecular complexity index is 440. The van der Waals surface area contributed by atoms with Crippen LogP contribution in [0.5, 0.6) is 0 Å². The highest BCUT2D eigenvalue weighted by atomic mass is 16.2. The van der Waals surface area contributed by atoms with Gasteiger partial charge in [-0.25, -0.2) is 0 Å². The summed E-state index contributed by atoms with van der Waals surface area (Å²) in [5.41, 5.74) is 7.44. The quantitative estimate of drug-likeness (QED) is 0.722. The van der Waals surface area contributed by atoms with Crippen LogP contribution in [0.15, 0.2) is 24.3 Å². The lowest BCUT2D eigenvalue weighted by Crippen LogP contribution is -2.71. The number of carbonyl (C=O) groups is 1. The summed E-state index contributed by atoms with van der Waals surface area (Å²) in [6, 6.07) is 7.16. The van der Waals surface area contributed by atoms with Crippen LogP contribution < -0.4 is 5.73 Å². The minimum atomic E-state index is 0.130. The van der Waals surface area contributed by atoms with Gasteiger partial charge in [-0.3, -0.25) is 4.79 Å². The van der Waals surface area contributed by atoms with Crippen molar-refractivity contribution in [2.45, 2.75) is 0 Å². The van der Waals surface area contributed by atoms with Gasteiger partial charge in [-0.2, -0.15) is 0 Å². The summed E-state index contributed by atoms with van der Waals surface area (Å²) in [7, 11) is 2.12. The number of nitrogens with zero attached hydrogens (tertiary/aromatic N) is 2. The molecular weight excluding hydrogens is 214 g/mol. The average molecular weight is 231 g/mol. The van der Waals surface area contributed by atoms with E-state index in [-0.39, 0.29) is 5.91 Å². The molecule has 0 saturated carbocycles. The van der Waals surface area contributed by atoms with Crippen LogP contribution in [-0.2, 0) is 0 Å². The van der Waals surface area contributed by atoms with Crippen LogP contribution in [-0.4, -0.2) is 48.9 Å². The van der Waals surface area contributed by atoms with Crippen LogP contribution in [0.3, 0.4) is 0 Å². The second-order valence-electron chi connectivity index (χ2n) is 5.46. The third kappa shape index (κ3) is 1.69. The first-order valence-corrected chi connectivity index (χ1v) is 5.91. The van der Waals surface area contributed by atoms with E-state index in [1.165, 1.54) is 0 Å². The molecule has 2 N–H and O–H groups in total. The number of carbonyl (C=O) groups excluding carboxylic acids is 1. The van der Waals surface area contributed by atoms with Crippen LogP contribution in [0, 0.1) is 5.41 Å². The highest BCUT2D eigenvalue weighted by molar-refractivity contribution is 5.95. The molecule has 4 heteroatoms. The number of amides is 1. The van der Waals surface area contributed by atoms with Gasteiger partial charge < -0.3 is 15.5 Å². The van der Waals surface area contributed by atoms with Gasteiger partial charge in [-0.1, -0.05) is 0 Å². The topological polar surface area (TPSA) is 49.6 Å². The number of anilines is 1. The van der Waals surface area contributed by atoms with Gasteiger partial charge in [0.2, 0.25) is 0 Å². The molecule has 2 aliphatic rings. The standard InChI is InChI=1S/C13H17N3O/c1-15-6-13(7-15)8-16(9-13)12(17)10-2-4-11(14)5-3-10/h2-5H,6-9,14H2,1H3. The highest BCUT2D eigenvalue weighted by Gasteiger charge is 2.51. The Morgan fingerprint density at radius 3 is 2.29 bits per heavy atom. The number of nitrogens with two attached hydrogens (primary N) is 1. The van der Waals surface area contributed by atoms with E-state index >= 15 is 0 Å². The first-order chi connectivity index (χ1) is 8.08. The van der Waals surface area contributed by atoms with Crippen molar-refractivity contribution in [3.8, 4) is 0 Å². The molecule has 0 atom stereocenters. The summed E-state index contributed by atoms with van der Waals surface area (Å²) in [6.07, 6.45) is 0. The number of nitrogen functional groups attached to an aromatic ring is 1. The van der Waals surface area contributed by atoms with Crippen LogP contribution in [0.2, 0.25) is 0 Å². The Morgan fingerprint density at radius 2 is 1.76 bits per heavy atom. The highest BCUT2D eigenvalue weighted by Crippen LogP contribution is 2.39. The monoisotopic (exact) mass is 231 g/mol. The molecule has 1 spiro atoms. The van der Waals surface area contributed by atoms with Crippen molar-refractivity contribution in [1.82, 2.24) is 9.80 Å². The van der Waals surface area contributed by atoms with Crippen molar-refractivity contribution >= 4 is 11.6 Å². The summed E-state index contributed by atoms with van der Waals surface area (Å²) < 4.78 is 0. The molecule has 0 unspecified atom stereocenters. The zero-order valence-electron chi connectivity index (χ0n) is 10.0. The molecule has 0 aromatic heterocycles. The van der Waals surface area contributed by atoms with E-state index in [1.54, 1.807) is 24.3 Å². The Labute approximate surface area is 101 Å². The molecule has 4 nitrogen and oxygen atoms in total. The number of hydrogen-bond acceptors (Lipinski definition) is 3. The molecule has 2 heterocycles. The van der Waals surface area contributed by atoms with Crippen molar-refractivity contribution in [2.24, 2.45) is 5.41 Å². The maximum Gasteiger partial charge on any atom is 0.253 e. The Hall–Kier alpha value is -1.55. The van der Waals surface area contributed by atoms with Gasteiger partial charge in [0, 0.05) is 42.8 Å². The van der Waals surface area contributed by atoms with Gasteiger partial charge in [0.25, 0.3) is 5.91 Å². The van der Waals surface area contributed by atoms with E-state index in [1.807, 2.05) is 4.90 Å². The largest absolute Gasteiger partial charge is 0.399 e. The van der Waals surface area contributed by atoms with Crippen LogP contribution in [0.1, 0.15) is 10.4 Å². The second kappa shape index (κ2) is 3.47. The van der Waals surface area contributed by atoms with Gasteiger partial charge in [-0.15, -0.1) is 0 Å². The van der Waals surface area contributed by atoms with Crippen LogP contribution in [0.25, 0.3) is 0 Å². The third-order valence-electron chi connectivity index (χ3n) is 3.71. The summed E-state index contributed by atoms with van der Waals surface area (Å²) in [4.78, 5) is 16.3. The maximum absolute atomic E-state index is 12.1. The SMILES string of the molecule is CN1CC2(C1)CN(C(=O)c1ccc(N)cc1)C2. The first kappa shape index (κ1) is 10.6. The molecule has 3 rings (SSSR count). The van der Waals surface area contributed by atoms with E-state index in [0.29, 0.717) is 11.1 Å². The molecule has 1 aromatic carbocycles. The number of likely N-dealkylation sites (tertiary alicyclic amines) is 2. The molecular formula is C13H17N3O. The Balaban J connectivity index is 1.63. The predicted octanol–water partition coefficient (Wildman–Crippen LogP) is 0.656. The van der Waals surface area contributed by atoms with E-state index in [4.69, 9.17) is 5.73 Å². The molecule has 1 aromatic rings. The second-order valence-corrected chi connectivity index (χ2v) is 5.46. The minimum absolute atomic E-state index is 0.130. The summed E-state index contributed by atoms with van der Waals surface area (Å²) in [5, 5.41) is 0. The molecule has 2 fully saturated rings. The fraction of sp³-hybridized carbons (Fsp3) is 0.462. The molecule has 0 aliphatic carbocycles. The van der Waals surface area contributed by atoms with E-state index < -0.39 is 0 Å². The van der Waals surface area contributed by atoms with Gasteiger partial charge in [0.15, 0.2) is 0 Å². The predicted molar refractivity (Wildman–Crippen MR) is 66.7 cm³/mol. The summed E-state index contributed by atoms with van der Waals surface area (Å²) in [6.45, 7) is 4.05. The molecule has 17 heavy (non-hydrogen) atoms. The molecule has 0 radical (unpaired) electrons. The lowest BCUT2D eigenvalue weighted by molar-refractivity contribution is -0.0872. The number of rotatable bonds is 1. The van der Waals surface area contributed by atoms with Crippen molar-refractivity contribution in [3.05, 3.63) is 29.8 Å². The lowest BCUT2D eigenvalue weighted by Gasteiger charge is -2.59. The fourth-order valence-corrected chi connectivity index (χ4v) is 3.01. The number of hydrogen-bond donors (Lipinski definition) is 1. The summed E-state index contributed by atoms with van der Waals surface area (Å²) in [5.74, 6) is 0.130. The van der Waals surface area contributed by atoms with Gasteiger partial charge in [0.1, 0.15) is 0 Å². The zero-order chi connectivity index (χ0) is 12.0. The zero-order valence-corrected chi connectivity index (χ0v) is 10.0. The maximum atomic E-state index is 12.1. The van der Waals surface area contributed by atoms with E-state index in [2.05, 4.69) is 11.9 Å². The molecule has 1 amide bonds. The van der Waals surface area contributed by atoms with Crippen molar-refractivity contribution in [2.75, 3.05) is 39.0 Å². The van der Waals surface area contributed by atoms with E-state index in [9.17, 15) is 4.79 Å². The molecule has 2 aliphatic heterocycles. The molecule has 2 saturated heterocycles. The van der Waals surface area contributed by atoms with Crippen molar-refractivity contribution < 1.29 is 4.79 Å². The van der Waals surface area contributed by atoms with E-state index in [0.717, 1.165) is 31.7 Å². The Kier molecular flexibility index (Phi) is 2.16. The fourth-order valence-electron chi connectivity index (χ4n) is 3.01.